The van der Waals surface area contributed by atoms with Crippen LogP contribution in [0, 0.1) is 0 Å². The van der Waals surface area contributed by atoms with Crippen LogP contribution in [0.3, 0.4) is 0 Å². The Balaban J connectivity index is 3.64. The minimum atomic E-state index is -0.855. The number of carbonyl (C=O) groups excluding carboxylic acids is 1. The molecule has 0 bridgehead atoms. The Morgan fingerprint density at radius 3 is 2.00 bits per heavy atom. The number of carbonyl (C=O) groups is 1. The summed E-state index contributed by atoms with van der Waals surface area (Å²) in [5.41, 5.74) is 9.29. The van der Waals surface area contributed by atoms with E-state index >= 15 is 0 Å². The van der Waals surface area contributed by atoms with Crippen LogP contribution in [-0.2, 0) is 4.79 Å². The van der Waals surface area contributed by atoms with Gasteiger partial charge in [0.1, 0.15) is 0 Å². The Hall–Kier alpha value is 0.0284. The fourth-order valence-corrected chi connectivity index (χ4v) is 1.32. The molecule has 8 heavy (non-hydrogen) atoms. The van der Waals surface area contributed by atoms with Gasteiger partial charge in [-0.15, -0.1) is 0 Å². The summed E-state index contributed by atoms with van der Waals surface area (Å²) in [6.07, 6.45) is 0. The number of rotatable bonds is 2. The number of nitrogens with two attached hydrogens (primary N) is 1. The first-order chi connectivity index (χ1) is 3.55. The first-order valence-corrected chi connectivity index (χ1v) is 7.35. The van der Waals surface area contributed by atoms with E-state index in [1.54, 1.807) is 0 Å². The van der Waals surface area contributed by atoms with Crippen molar-refractivity contribution in [1.29, 1.82) is 0 Å². The molecule has 0 rings (SSSR count). The van der Waals surface area contributed by atoms with E-state index in [0.717, 1.165) is 0 Å². The molecule has 0 aromatic carbocycles. The Morgan fingerprint density at radius 1 is 1.62 bits per heavy atom. The quantitative estimate of drug-likeness (QED) is 0.617. The van der Waals surface area contributed by atoms with E-state index in [4.69, 9.17) is 5.73 Å². The van der Waals surface area contributed by atoms with E-state index in [9.17, 15) is 4.79 Å². The van der Waals surface area contributed by atoms with E-state index < -0.39 is 14.7 Å². The average molecular weight is 177 g/mol. The number of hydrogen-bond donors (Lipinski definition) is 1. The third-order valence-corrected chi connectivity index (χ3v) is 4.97. The molecule has 0 aromatic heterocycles. The van der Waals surface area contributed by atoms with Gasteiger partial charge in [0, 0.05) is 0 Å². The van der Waals surface area contributed by atoms with Gasteiger partial charge in [-0.25, -0.2) is 0 Å². The van der Waals surface area contributed by atoms with Crippen molar-refractivity contribution in [2.45, 2.75) is 23.1 Å². The molecule has 0 fully saturated rings. The number of primary amides is 1. The zero-order chi connectivity index (χ0) is 6.73. The third kappa shape index (κ3) is 2.36. The molecule has 0 radical (unpaired) electrons. The summed E-state index contributed by atoms with van der Waals surface area (Å²) < 4.78 is 0.155. The average Bonchev–Trinajstić information content (AvgIpc) is 1.64. The Morgan fingerprint density at radius 2 is 2.00 bits per heavy atom. The van der Waals surface area contributed by atoms with Crippen molar-refractivity contribution < 1.29 is 4.79 Å². The van der Waals surface area contributed by atoms with Gasteiger partial charge in [0.2, 0.25) is 0 Å². The Bertz CT molecular complexity index is 92.4. The van der Waals surface area contributed by atoms with Crippen LogP contribution in [0.1, 0.15) is 6.92 Å². The summed E-state index contributed by atoms with van der Waals surface area (Å²) in [6, 6.07) is 0. The summed E-state index contributed by atoms with van der Waals surface area (Å²) >= 11 is -0.855. The molecule has 0 aliphatic carbocycles. The Kier molecular flexibility index (Phi) is 3.14. The van der Waals surface area contributed by atoms with Gasteiger partial charge in [-0.2, -0.15) is 0 Å². The van der Waals surface area contributed by atoms with Gasteiger partial charge in [0.15, 0.2) is 0 Å². The molecule has 0 aliphatic rings. The summed E-state index contributed by atoms with van der Waals surface area (Å²) in [4.78, 5) is 10.4. The molecular formula is C5H12AsNO. The molecule has 0 aliphatic heterocycles. The molecule has 0 saturated heterocycles. The molecule has 0 aromatic rings. The van der Waals surface area contributed by atoms with Crippen LogP contribution >= 0.6 is 0 Å². The molecule has 1 unspecified atom stereocenters. The molecule has 1 amide bonds. The maximum absolute atomic E-state index is 10.4. The van der Waals surface area contributed by atoms with Gasteiger partial charge in [0.25, 0.3) is 0 Å². The normalized spacial score (nSPS) is 14.0. The first-order valence-electron chi connectivity index (χ1n) is 2.51. The van der Waals surface area contributed by atoms with Crippen molar-refractivity contribution in [3.05, 3.63) is 0 Å². The van der Waals surface area contributed by atoms with Gasteiger partial charge in [-0.05, 0) is 0 Å². The minimum absolute atomic E-state index is 0.144. The van der Waals surface area contributed by atoms with Gasteiger partial charge in [0.05, 0.1) is 0 Å². The van der Waals surface area contributed by atoms with Crippen molar-refractivity contribution in [2.75, 3.05) is 0 Å². The van der Waals surface area contributed by atoms with Crippen LogP contribution in [0.2, 0.25) is 16.1 Å². The van der Waals surface area contributed by atoms with Gasteiger partial charge in [-0.3, -0.25) is 0 Å². The van der Waals surface area contributed by atoms with Crippen molar-refractivity contribution in [2.24, 2.45) is 5.73 Å². The zero-order valence-electron chi connectivity index (χ0n) is 5.51. The third-order valence-electron chi connectivity index (χ3n) is 1.19. The zero-order valence-corrected chi connectivity index (χ0v) is 7.39. The molecule has 1 atom stereocenters. The molecule has 0 saturated carbocycles. The molecular weight excluding hydrogens is 165 g/mol. The fraction of sp³-hybridized carbons (Fsp3) is 0.800. The van der Waals surface area contributed by atoms with Gasteiger partial charge < -0.3 is 0 Å². The van der Waals surface area contributed by atoms with Crippen LogP contribution in [-0.4, -0.2) is 20.6 Å². The second-order valence-corrected chi connectivity index (χ2v) is 7.71. The van der Waals surface area contributed by atoms with E-state index in [-0.39, 0.29) is 10.6 Å². The fourth-order valence-electron chi connectivity index (χ4n) is 0.254. The van der Waals surface area contributed by atoms with Crippen LogP contribution in [0.5, 0.6) is 0 Å². The van der Waals surface area contributed by atoms with Crippen LogP contribution in [0.25, 0.3) is 0 Å². The molecule has 0 spiro atoms. The number of amides is 1. The SMILES string of the molecule is CC(C(N)=O)[As](C)C. The van der Waals surface area contributed by atoms with E-state index in [2.05, 4.69) is 11.4 Å². The van der Waals surface area contributed by atoms with Crippen molar-refractivity contribution >= 4 is 20.6 Å². The predicted molar refractivity (Wildman–Crippen MR) is 36.1 cm³/mol. The molecule has 3 heteroatoms. The summed E-state index contributed by atoms with van der Waals surface area (Å²) in [5, 5.41) is 0. The van der Waals surface area contributed by atoms with Crippen LogP contribution in [0.15, 0.2) is 0 Å². The second kappa shape index (κ2) is 3.13. The standard InChI is InChI=1S/C5H12AsNO/c1-4(5(7)8)6(2)3/h4H,1-3H3,(H2,7,8). The molecule has 2 N–H and O–H groups in total. The van der Waals surface area contributed by atoms with E-state index in [1.165, 1.54) is 0 Å². The first kappa shape index (κ1) is 8.03. The summed E-state index contributed by atoms with van der Waals surface area (Å²) in [5.74, 6) is -0.144. The van der Waals surface area contributed by atoms with Crippen LogP contribution < -0.4 is 5.73 Å². The monoisotopic (exact) mass is 177 g/mol. The van der Waals surface area contributed by atoms with Gasteiger partial charge in [-0.1, -0.05) is 0 Å². The van der Waals surface area contributed by atoms with Crippen molar-refractivity contribution in [3.8, 4) is 0 Å². The maximum atomic E-state index is 10.4. The van der Waals surface area contributed by atoms with Gasteiger partial charge >= 0.3 is 54.1 Å². The van der Waals surface area contributed by atoms with E-state index in [0.29, 0.717) is 0 Å². The Labute approximate surface area is 54.7 Å². The molecule has 2 nitrogen and oxygen atoms in total. The molecule has 0 heterocycles. The van der Waals surface area contributed by atoms with E-state index in [1.807, 2.05) is 6.92 Å². The number of hydrogen-bond acceptors (Lipinski definition) is 1. The topological polar surface area (TPSA) is 43.1 Å². The summed E-state index contributed by atoms with van der Waals surface area (Å²) in [6.45, 7) is 1.91. The van der Waals surface area contributed by atoms with Crippen molar-refractivity contribution in [1.82, 2.24) is 0 Å². The molecule has 48 valence electrons. The second-order valence-electron chi connectivity index (χ2n) is 2.04. The van der Waals surface area contributed by atoms with Crippen LogP contribution in [0.4, 0.5) is 0 Å². The predicted octanol–water partition coefficient (Wildman–Crippen LogP) is 0.616. The van der Waals surface area contributed by atoms with Crippen molar-refractivity contribution in [3.63, 3.8) is 0 Å². The summed E-state index contributed by atoms with van der Waals surface area (Å²) in [7, 11) is 0.